The lowest BCUT2D eigenvalue weighted by Crippen LogP contribution is -2.57. The van der Waals surface area contributed by atoms with Crippen LogP contribution in [0.25, 0.3) is 0 Å². The Morgan fingerprint density at radius 1 is 1.16 bits per heavy atom. The van der Waals surface area contributed by atoms with Crippen LogP contribution in [0.1, 0.15) is 87.8 Å². The summed E-state index contributed by atoms with van der Waals surface area (Å²) in [5.74, 6) is -0.258. The van der Waals surface area contributed by atoms with E-state index in [-0.39, 0.29) is 42.1 Å². The number of aliphatic hydroxyl groups excluding tert-OH is 2. The Balaban J connectivity index is 1.60. The molecule has 0 spiro atoms. The van der Waals surface area contributed by atoms with Gasteiger partial charge in [0, 0.05) is 35.6 Å². The molecule has 7 nitrogen and oxygen atoms in total. The predicted molar refractivity (Wildman–Crippen MR) is 146 cm³/mol. The van der Waals surface area contributed by atoms with Crippen molar-refractivity contribution in [2.75, 3.05) is 11.9 Å². The maximum absolute atomic E-state index is 13.2. The van der Waals surface area contributed by atoms with Gasteiger partial charge in [0.1, 0.15) is 0 Å². The van der Waals surface area contributed by atoms with E-state index in [0.29, 0.717) is 30.9 Å². The normalized spacial score (nSPS) is 28.7. The predicted octanol–water partition coefficient (Wildman–Crippen LogP) is 4.78. The van der Waals surface area contributed by atoms with E-state index >= 15 is 0 Å². The number of benzene rings is 1. The fraction of sp³-hybridized carbons (Fsp3) is 0.621. The zero-order valence-electron chi connectivity index (χ0n) is 22.3. The van der Waals surface area contributed by atoms with E-state index in [1.165, 1.54) is 11.3 Å². The van der Waals surface area contributed by atoms with Crippen molar-refractivity contribution in [3.63, 3.8) is 0 Å². The van der Waals surface area contributed by atoms with Crippen molar-refractivity contribution in [3.8, 4) is 0 Å². The molecule has 1 heterocycles. The molecule has 4 rings (SSSR count). The van der Waals surface area contributed by atoms with Crippen LogP contribution in [0.3, 0.4) is 0 Å². The first kappa shape index (κ1) is 27.7. The Kier molecular flexibility index (Phi) is 8.71. The second-order valence-electron chi connectivity index (χ2n) is 11.3. The molecule has 4 N–H and O–H groups in total. The molecule has 2 aromatic rings. The zero-order valence-corrected chi connectivity index (χ0v) is 23.1. The summed E-state index contributed by atoms with van der Waals surface area (Å²) in [5, 5.41) is 28.0. The molecule has 37 heavy (non-hydrogen) atoms. The number of hydrogen-bond donors (Lipinski definition) is 4. The molecular weight excluding hydrogens is 486 g/mol. The Morgan fingerprint density at radius 3 is 2.62 bits per heavy atom. The van der Waals surface area contributed by atoms with Gasteiger partial charge in [-0.05, 0) is 42.6 Å². The maximum atomic E-state index is 13.2. The summed E-state index contributed by atoms with van der Waals surface area (Å²) in [6.07, 6.45) is 5.07. The Labute approximate surface area is 224 Å². The second-order valence-corrected chi connectivity index (χ2v) is 12.4. The highest BCUT2D eigenvalue weighted by Crippen LogP contribution is 2.62. The number of carbonyl (C=O) groups is 2. The molecule has 1 aromatic heterocycles. The number of hydrogen-bond acceptors (Lipinski definition) is 6. The monoisotopic (exact) mass is 527 g/mol. The highest BCUT2D eigenvalue weighted by molar-refractivity contribution is 7.15. The minimum Gasteiger partial charge on any atom is -0.396 e. The van der Waals surface area contributed by atoms with Crippen LogP contribution in [-0.4, -0.2) is 39.7 Å². The fourth-order valence-corrected chi connectivity index (χ4v) is 7.56. The van der Waals surface area contributed by atoms with Crippen LogP contribution in [0, 0.1) is 16.7 Å². The number of fused-ring (bicyclic) bond motifs is 2. The van der Waals surface area contributed by atoms with Gasteiger partial charge in [0.05, 0.1) is 18.4 Å². The summed E-state index contributed by atoms with van der Waals surface area (Å²) in [5.41, 5.74) is 0.945. The first-order chi connectivity index (χ1) is 17.7. The molecule has 202 valence electrons. The van der Waals surface area contributed by atoms with Gasteiger partial charge in [0.15, 0.2) is 5.13 Å². The minimum absolute atomic E-state index is 0.0123. The topological polar surface area (TPSA) is 112 Å². The van der Waals surface area contributed by atoms with Gasteiger partial charge in [0.25, 0.3) is 0 Å². The molecule has 2 aliphatic carbocycles. The number of aromatic nitrogens is 1. The number of unbranched alkanes of at least 4 members (excludes halogenated alkanes) is 2. The summed E-state index contributed by atoms with van der Waals surface area (Å²) in [6, 6.07) is 9.84. The van der Waals surface area contributed by atoms with Crippen molar-refractivity contribution in [2.24, 2.45) is 16.7 Å². The van der Waals surface area contributed by atoms with E-state index in [0.717, 1.165) is 41.8 Å². The maximum Gasteiger partial charge on any atom is 0.226 e. The minimum atomic E-state index is -0.670. The van der Waals surface area contributed by atoms with Crippen LogP contribution in [0.4, 0.5) is 5.13 Å². The van der Waals surface area contributed by atoms with Crippen LogP contribution in [0.5, 0.6) is 0 Å². The van der Waals surface area contributed by atoms with Crippen LogP contribution in [-0.2, 0) is 22.6 Å². The summed E-state index contributed by atoms with van der Waals surface area (Å²) >= 11 is 1.47. The standard InChI is InChI=1S/C29H41N3O4S/c1-4-5-7-12-24(35)31-27-32-26-20(15-25(36)30-17-19-10-8-6-9-11-19)28(2)14-13-23(34)29(3,18-33)22(28)16-21(26)37-27/h6,8-11,20,22-23,33-34H,4-5,7,12-18H2,1-3H3,(H,30,36)(H,31,32,35)/t20-,22+,23-,28+,29+/m1/s1. The Hall–Kier alpha value is -2.29. The first-order valence-corrected chi connectivity index (χ1v) is 14.4. The van der Waals surface area contributed by atoms with Gasteiger partial charge in [-0.25, -0.2) is 4.98 Å². The molecular formula is C29H41N3O4S. The van der Waals surface area contributed by atoms with Crippen molar-refractivity contribution >= 4 is 28.3 Å². The number of amides is 2. The summed E-state index contributed by atoms with van der Waals surface area (Å²) < 4.78 is 0. The number of nitrogens with zero attached hydrogens (tertiary/aromatic N) is 1. The van der Waals surface area contributed by atoms with E-state index in [1.54, 1.807) is 0 Å². The molecule has 2 aliphatic rings. The number of thiazole rings is 1. The molecule has 0 radical (unpaired) electrons. The Morgan fingerprint density at radius 2 is 1.92 bits per heavy atom. The van der Waals surface area contributed by atoms with Gasteiger partial charge in [-0.2, -0.15) is 0 Å². The zero-order chi connectivity index (χ0) is 26.6. The molecule has 2 amide bonds. The lowest BCUT2D eigenvalue weighted by molar-refractivity contribution is -0.144. The molecule has 0 unspecified atom stereocenters. The number of anilines is 1. The third kappa shape index (κ3) is 5.76. The van der Waals surface area contributed by atoms with Gasteiger partial charge < -0.3 is 20.8 Å². The number of rotatable bonds is 10. The van der Waals surface area contributed by atoms with Gasteiger partial charge in [-0.3, -0.25) is 9.59 Å². The quantitative estimate of drug-likeness (QED) is 0.332. The highest BCUT2D eigenvalue weighted by atomic mass is 32.1. The van der Waals surface area contributed by atoms with Crippen LogP contribution >= 0.6 is 11.3 Å². The van der Waals surface area contributed by atoms with Crippen molar-refractivity contribution in [2.45, 2.75) is 90.7 Å². The van der Waals surface area contributed by atoms with Crippen molar-refractivity contribution in [1.29, 1.82) is 0 Å². The molecule has 1 aromatic carbocycles. The lowest BCUT2D eigenvalue weighted by Gasteiger charge is -2.58. The molecule has 0 saturated heterocycles. The van der Waals surface area contributed by atoms with Crippen LogP contribution < -0.4 is 10.6 Å². The largest absolute Gasteiger partial charge is 0.396 e. The van der Waals surface area contributed by atoms with E-state index in [1.807, 2.05) is 37.3 Å². The van der Waals surface area contributed by atoms with Gasteiger partial charge in [-0.15, -0.1) is 11.3 Å². The van der Waals surface area contributed by atoms with Gasteiger partial charge >= 0.3 is 0 Å². The van der Waals surface area contributed by atoms with E-state index < -0.39 is 11.5 Å². The smallest absolute Gasteiger partial charge is 0.226 e. The molecule has 8 heteroatoms. The molecule has 0 bridgehead atoms. The van der Waals surface area contributed by atoms with E-state index in [2.05, 4.69) is 24.5 Å². The third-order valence-corrected chi connectivity index (χ3v) is 9.88. The summed E-state index contributed by atoms with van der Waals surface area (Å²) in [6.45, 7) is 6.62. The fourth-order valence-electron chi connectivity index (χ4n) is 6.47. The molecule has 1 fully saturated rings. The lowest BCUT2D eigenvalue weighted by atomic mass is 9.47. The van der Waals surface area contributed by atoms with Gasteiger partial charge in [-0.1, -0.05) is 63.9 Å². The Bertz CT molecular complexity index is 1090. The second kappa shape index (κ2) is 11.6. The van der Waals surface area contributed by atoms with Crippen molar-refractivity contribution in [1.82, 2.24) is 10.3 Å². The van der Waals surface area contributed by atoms with E-state index in [4.69, 9.17) is 4.98 Å². The molecule has 1 saturated carbocycles. The van der Waals surface area contributed by atoms with E-state index in [9.17, 15) is 19.8 Å². The average Bonchev–Trinajstić information content (AvgIpc) is 3.29. The van der Waals surface area contributed by atoms with Crippen LogP contribution in [0.2, 0.25) is 0 Å². The first-order valence-electron chi connectivity index (χ1n) is 13.6. The van der Waals surface area contributed by atoms with Crippen molar-refractivity contribution in [3.05, 3.63) is 46.5 Å². The number of nitrogens with one attached hydrogen (secondary N) is 2. The van der Waals surface area contributed by atoms with Gasteiger partial charge in [0.2, 0.25) is 11.8 Å². The summed E-state index contributed by atoms with van der Waals surface area (Å²) in [7, 11) is 0. The number of carbonyl (C=O) groups excluding carboxylic acids is 2. The number of aliphatic hydroxyl groups is 2. The summed E-state index contributed by atoms with van der Waals surface area (Å²) in [4.78, 5) is 31.7. The third-order valence-electron chi connectivity index (χ3n) is 8.87. The van der Waals surface area contributed by atoms with Crippen molar-refractivity contribution < 1.29 is 19.8 Å². The average molecular weight is 528 g/mol. The van der Waals surface area contributed by atoms with Crippen LogP contribution in [0.15, 0.2) is 30.3 Å². The molecule has 0 aliphatic heterocycles. The SMILES string of the molecule is CCCCCC(=O)Nc1nc2c(s1)C[C@@H]1[C@](C)(CO)[C@H](O)CC[C@@]1(C)[C@@H]2CC(=O)NCc1ccccc1. The molecule has 5 atom stereocenters. The highest BCUT2D eigenvalue weighted by Gasteiger charge is 2.59.